The molecule has 0 unspecified atom stereocenters. The van der Waals surface area contributed by atoms with Crippen molar-refractivity contribution in [3.05, 3.63) is 20.8 Å². The highest BCUT2D eigenvalue weighted by Gasteiger charge is 2.31. The van der Waals surface area contributed by atoms with Crippen LogP contribution in [0.3, 0.4) is 0 Å². The Kier molecular flexibility index (Phi) is 4.22. The third-order valence-electron chi connectivity index (χ3n) is 3.43. The van der Waals surface area contributed by atoms with Crippen LogP contribution < -0.4 is 5.73 Å². The molecule has 1 aromatic rings. The van der Waals surface area contributed by atoms with E-state index in [1.165, 1.54) is 6.42 Å². The van der Waals surface area contributed by atoms with E-state index in [1.807, 2.05) is 16.3 Å². The lowest BCUT2D eigenvalue weighted by Crippen LogP contribution is -2.51. The second kappa shape index (κ2) is 5.50. The number of likely N-dealkylation sites (tertiary alicyclic amines) is 1. The Morgan fingerprint density at radius 2 is 2.47 bits per heavy atom. The van der Waals surface area contributed by atoms with Gasteiger partial charge in [0, 0.05) is 24.5 Å². The van der Waals surface area contributed by atoms with Crippen molar-refractivity contribution in [1.82, 2.24) is 4.90 Å². The number of halogens is 1. The first-order chi connectivity index (χ1) is 8.13. The summed E-state index contributed by atoms with van der Waals surface area (Å²) in [5.74, 6) is 0.619. The molecule has 3 nitrogen and oxygen atoms in total. The van der Waals surface area contributed by atoms with Gasteiger partial charge in [0.2, 0.25) is 0 Å². The van der Waals surface area contributed by atoms with Gasteiger partial charge in [0.25, 0.3) is 5.91 Å². The molecular weight excluding hydrogens is 300 g/mol. The minimum atomic E-state index is 0.119. The zero-order valence-corrected chi connectivity index (χ0v) is 12.3. The van der Waals surface area contributed by atoms with Crippen molar-refractivity contribution in [2.75, 3.05) is 13.1 Å². The van der Waals surface area contributed by atoms with Crippen molar-refractivity contribution in [3.63, 3.8) is 0 Å². The Bertz CT molecular complexity index is 407. The van der Waals surface area contributed by atoms with E-state index in [1.54, 1.807) is 11.3 Å². The topological polar surface area (TPSA) is 46.3 Å². The van der Waals surface area contributed by atoms with E-state index < -0.39 is 0 Å². The van der Waals surface area contributed by atoms with Crippen LogP contribution in [-0.2, 0) is 0 Å². The summed E-state index contributed by atoms with van der Waals surface area (Å²) in [6, 6.07) is 2.08. The van der Waals surface area contributed by atoms with Gasteiger partial charge in [0.05, 0.1) is 9.35 Å². The monoisotopic (exact) mass is 316 g/mol. The summed E-state index contributed by atoms with van der Waals surface area (Å²) in [4.78, 5) is 14.3. The molecule has 0 aliphatic carbocycles. The fraction of sp³-hybridized carbons (Fsp3) is 0.583. The van der Waals surface area contributed by atoms with Crippen molar-refractivity contribution in [2.45, 2.75) is 25.8 Å². The summed E-state index contributed by atoms with van der Waals surface area (Å²) in [5.41, 5.74) is 6.58. The molecule has 5 heteroatoms. The third-order valence-corrected chi connectivity index (χ3v) is 4.94. The molecule has 2 atom stereocenters. The highest BCUT2D eigenvalue weighted by atomic mass is 79.9. The normalized spacial score (nSPS) is 25.0. The summed E-state index contributed by atoms with van der Waals surface area (Å²) >= 11 is 4.94. The summed E-state index contributed by atoms with van der Waals surface area (Å²) in [6.45, 7) is 3.57. The smallest absolute Gasteiger partial charge is 0.255 e. The molecular formula is C12H17BrN2OS. The molecule has 0 bridgehead atoms. The van der Waals surface area contributed by atoms with Gasteiger partial charge in [-0.15, -0.1) is 11.3 Å². The maximum absolute atomic E-state index is 12.4. The first kappa shape index (κ1) is 13.1. The molecule has 1 aliphatic rings. The minimum Gasteiger partial charge on any atom is -0.334 e. The first-order valence-electron chi connectivity index (χ1n) is 5.88. The van der Waals surface area contributed by atoms with E-state index in [2.05, 4.69) is 22.9 Å². The second-order valence-electron chi connectivity index (χ2n) is 4.56. The SMILES string of the molecule is C[C@@H]1CCCN(C(=O)c2csc(Br)c2)[C@H]1CN. The van der Waals surface area contributed by atoms with E-state index in [0.717, 1.165) is 22.3 Å². The Morgan fingerprint density at radius 3 is 3.06 bits per heavy atom. The molecule has 1 saturated heterocycles. The molecule has 0 aromatic carbocycles. The molecule has 2 N–H and O–H groups in total. The lowest BCUT2D eigenvalue weighted by Gasteiger charge is -2.39. The van der Waals surface area contributed by atoms with Gasteiger partial charge in [-0.3, -0.25) is 4.79 Å². The lowest BCUT2D eigenvalue weighted by atomic mass is 9.90. The van der Waals surface area contributed by atoms with Gasteiger partial charge in [-0.25, -0.2) is 0 Å². The van der Waals surface area contributed by atoms with Crippen molar-refractivity contribution < 1.29 is 4.79 Å². The highest BCUT2D eigenvalue weighted by molar-refractivity contribution is 9.11. The number of piperidine rings is 1. The third kappa shape index (κ3) is 2.72. The number of amides is 1. The van der Waals surface area contributed by atoms with Gasteiger partial charge in [-0.1, -0.05) is 6.92 Å². The highest BCUT2D eigenvalue weighted by Crippen LogP contribution is 2.27. The standard InChI is InChI=1S/C12H17BrN2OS/c1-8-3-2-4-15(10(8)6-14)12(16)9-5-11(13)17-7-9/h5,7-8,10H,2-4,6,14H2,1H3/t8-,10+/m1/s1. The predicted octanol–water partition coefficient (Wildman–Crippen LogP) is 2.71. The average molecular weight is 317 g/mol. The van der Waals surface area contributed by atoms with Crippen molar-refractivity contribution in [3.8, 4) is 0 Å². The Morgan fingerprint density at radius 1 is 1.71 bits per heavy atom. The van der Waals surface area contributed by atoms with Crippen molar-refractivity contribution in [1.29, 1.82) is 0 Å². The molecule has 94 valence electrons. The molecule has 0 spiro atoms. The average Bonchev–Trinajstić information content (AvgIpc) is 2.74. The molecule has 17 heavy (non-hydrogen) atoms. The zero-order chi connectivity index (χ0) is 12.4. The first-order valence-corrected chi connectivity index (χ1v) is 7.56. The number of hydrogen-bond donors (Lipinski definition) is 1. The molecule has 2 rings (SSSR count). The predicted molar refractivity (Wildman–Crippen MR) is 74.3 cm³/mol. The Labute approximate surface area is 114 Å². The van der Waals surface area contributed by atoms with Crippen LogP contribution >= 0.6 is 27.3 Å². The summed E-state index contributed by atoms with van der Waals surface area (Å²) in [5, 5.41) is 1.90. The number of rotatable bonds is 2. The largest absolute Gasteiger partial charge is 0.334 e. The molecule has 0 radical (unpaired) electrons. The molecule has 1 aromatic heterocycles. The second-order valence-corrected chi connectivity index (χ2v) is 6.85. The van der Waals surface area contributed by atoms with Gasteiger partial charge in [-0.2, -0.15) is 0 Å². The lowest BCUT2D eigenvalue weighted by molar-refractivity contribution is 0.0533. The molecule has 0 saturated carbocycles. The van der Waals surface area contributed by atoms with Crippen LogP contribution in [-0.4, -0.2) is 29.9 Å². The molecule has 1 amide bonds. The van der Waals surface area contributed by atoms with Crippen LogP contribution in [0.1, 0.15) is 30.1 Å². The summed E-state index contributed by atoms with van der Waals surface area (Å²) in [7, 11) is 0. The fourth-order valence-electron chi connectivity index (χ4n) is 2.45. The van der Waals surface area contributed by atoms with Crippen molar-refractivity contribution >= 4 is 33.2 Å². The van der Waals surface area contributed by atoms with Crippen LogP contribution in [0, 0.1) is 5.92 Å². The van der Waals surface area contributed by atoms with Crippen molar-refractivity contribution in [2.24, 2.45) is 11.7 Å². The quantitative estimate of drug-likeness (QED) is 0.911. The van der Waals surface area contributed by atoms with E-state index in [9.17, 15) is 4.79 Å². The van der Waals surface area contributed by atoms with Crippen LogP contribution in [0.25, 0.3) is 0 Å². The Hall–Kier alpha value is -0.390. The van der Waals surface area contributed by atoms with Gasteiger partial charge < -0.3 is 10.6 Å². The molecule has 2 heterocycles. The number of nitrogens with two attached hydrogens (primary N) is 1. The molecule has 1 fully saturated rings. The summed E-state index contributed by atoms with van der Waals surface area (Å²) < 4.78 is 0.996. The number of nitrogens with zero attached hydrogens (tertiary/aromatic N) is 1. The van der Waals surface area contributed by atoms with Crippen LogP contribution in [0.2, 0.25) is 0 Å². The number of carbonyl (C=O) groups excluding carboxylic acids is 1. The maximum atomic E-state index is 12.4. The van der Waals surface area contributed by atoms with Gasteiger partial charge in [-0.05, 0) is 40.8 Å². The zero-order valence-electron chi connectivity index (χ0n) is 9.86. The summed E-state index contributed by atoms with van der Waals surface area (Å²) in [6.07, 6.45) is 2.24. The van der Waals surface area contributed by atoms with Crippen LogP contribution in [0.4, 0.5) is 0 Å². The Balaban J connectivity index is 2.17. The van der Waals surface area contributed by atoms with E-state index in [-0.39, 0.29) is 11.9 Å². The van der Waals surface area contributed by atoms with E-state index in [0.29, 0.717) is 12.5 Å². The fourth-order valence-corrected chi connectivity index (χ4v) is 3.58. The van der Waals surface area contributed by atoms with E-state index in [4.69, 9.17) is 5.73 Å². The van der Waals surface area contributed by atoms with Crippen LogP contribution in [0.15, 0.2) is 15.2 Å². The van der Waals surface area contributed by atoms with Gasteiger partial charge >= 0.3 is 0 Å². The van der Waals surface area contributed by atoms with Crippen LogP contribution in [0.5, 0.6) is 0 Å². The minimum absolute atomic E-state index is 0.119. The number of hydrogen-bond acceptors (Lipinski definition) is 3. The van der Waals surface area contributed by atoms with Gasteiger partial charge in [0.1, 0.15) is 0 Å². The number of thiophene rings is 1. The van der Waals surface area contributed by atoms with Gasteiger partial charge in [0.15, 0.2) is 0 Å². The van der Waals surface area contributed by atoms with E-state index >= 15 is 0 Å². The number of carbonyl (C=O) groups is 1. The molecule has 1 aliphatic heterocycles. The maximum Gasteiger partial charge on any atom is 0.255 e.